The molecule has 0 aliphatic heterocycles. The zero-order valence-corrected chi connectivity index (χ0v) is 16.7. The van der Waals surface area contributed by atoms with Crippen LogP contribution >= 0.6 is 8.18 Å². The van der Waals surface area contributed by atoms with Crippen molar-refractivity contribution >= 4 is 20.2 Å². The summed E-state index contributed by atoms with van der Waals surface area (Å²) in [6.07, 6.45) is -5.58. The molecule has 0 heterocycles. The molecule has 0 bridgehead atoms. The first-order chi connectivity index (χ1) is 13.7. The number of ether oxygens (including phenoxy) is 2. The third kappa shape index (κ3) is 12.0. The minimum Gasteiger partial charge on any atom is -0.466 e. The van der Waals surface area contributed by atoms with Crippen LogP contribution in [0.25, 0.3) is 0 Å². The Hall–Kier alpha value is -2.23. The van der Waals surface area contributed by atoms with Crippen molar-refractivity contribution in [2.24, 2.45) is 0 Å². The molecule has 0 saturated carbocycles. The lowest BCUT2D eigenvalue weighted by Crippen LogP contribution is -2.33. The van der Waals surface area contributed by atoms with E-state index in [1.54, 1.807) is 31.2 Å². The minimum absolute atomic E-state index is 0.0439. The van der Waals surface area contributed by atoms with Crippen molar-refractivity contribution < 1.29 is 41.3 Å². The Morgan fingerprint density at radius 3 is 2.45 bits per heavy atom. The lowest BCUT2D eigenvalue weighted by molar-refractivity contribution is -0.153. The van der Waals surface area contributed by atoms with E-state index in [1.165, 1.54) is 0 Å². The molecular weight excluding hydrogens is 416 g/mol. The van der Waals surface area contributed by atoms with Gasteiger partial charge in [0.25, 0.3) is 0 Å². The first kappa shape index (κ1) is 24.8. The number of rotatable bonds is 12. The number of amides is 1. The summed E-state index contributed by atoms with van der Waals surface area (Å²) < 4.78 is 63.9. The molecule has 8 nitrogen and oxygen atoms in total. The molecule has 0 spiro atoms. The molecule has 0 fully saturated rings. The van der Waals surface area contributed by atoms with E-state index in [2.05, 4.69) is 9.84 Å². The van der Waals surface area contributed by atoms with Gasteiger partial charge in [-0.1, -0.05) is 35.0 Å². The number of alkyl carbamates (subject to hydrolysis) is 1. The van der Waals surface area contributed by atoms with Gasteiger partial charge < -0.3 is 14.8 Å². The second-order valence-corrected chi connectivity index (χ2v) is 6.92. The van der Waals surface area contributed by atoms with Gasteiger partial charge in [0.05, 0.1) is 26.1 Å². The minimum atomic E-state index is -4.64. The number of benzene rings is 1. The highest BCUT2D eigenvalue weighted by Crippen LogP contribution is 2.31. The molecule has 1 rings (SSSR count). The smallest absolute Gasteiger partial charge is 0.466 e. The highest BCUT2D eigenvalue weighted by Gasteiger charge is 2.38. The van der Waals surface area contributed by atoms with E-state index in [4.69, 9.17) is 9.47 Å². The van der Waals surface area contributed by atoms with Crippen molar-refractivity contribution in [3.8, 4) is 0 Å². The Morgan fingerprint density at radius 1 is 1.14 bits per heavy atom. The molecule has 0 saturated heterocycles. The maximum Gasteiger partial charge on any atom is 0.616 e. The van der Waals surface area contributed by atoms with Crippen LogP contribution < -0.4 is 5.32 Å². The maximum atomic E-state index is 12.3. The van der Waals surface area contributed by atoms with Crippen molar-refractivity contribution in [3.05, 3.63) is 35.9 Å². The van der Waals surface area contributed by atoms with Crippen LogP contribution in [0.15, 0.2) is 30.3 Å². The van der Waals surface area contributed by atoms with Crippen LogP contribution in [0.1, 0.15) is 18.9 Å². The summed E-state index contributed by atoms with van der Waals surface area (Å²) in [5.74, 6) is -0.591. The molecule has 1 aromatic rings. The number of halogens is 3. The Bertz CT molecular complexity index is 660. The van der Waals surface area contributed by atoms with Crippen LogP contribution in [-0.4, -0.2) is 55.8 Å². The zero-order valence-electron chi connectivity index (χ0n) is 15.8. The first-order valence-corrected chi connectivity index (χ1v) is 9.86. The van der Waals surface area contributed by atoms with Crippen LogP contribution in [0.3, 0.4) is 0 Å². The topological polar surface area (TPSA) is 94.2 Å². The van der Waals surface area contributed by atoms with Crippen molar-refractivity contribution in [1.29, 1.82) is 0 Å². The number of alkyl halides is 3. The maximum absolute atomic E-state index is 12.3. The zero-order chi connectivity index (χ0) is 21.7. The molecule has 1 atom stereocenters. The van der Waals surface area contributed by atoms with Crippen molar-refractivity contribution in [1.82, 2.24) is 9.99 Å². The number of nitrogens with one attached hydrogen (secondary N) is 1. The fourth-order valence-electron chi connectivity index (χ4n) is 2.00. The molecule has 1 aromatic carbocycles. The normalized spacial score (nSPS) is 11.8. The van der Waals surface area contributed by atoms with E-state index in [1.807, 2.05) is 6.07 Å². The molecule has 0 aliphatic carbocycles. The molecule has 162 valence electrons. The van der Waals surface area contributed by atoms with Gasteiger partial charge in [-0.25, -0.2) is 4.79 Å². The fourth-order valence-corrected chi connectivity index (χ4v) is 2.95. The lowest BCUT2D eigenvalue weighted by atomic mass is 10.2. The fraction of sp³-hybridized carbons (Fsp3) is 0.529. The summed E-state index contributed by atoms with van der Waals surface area (Å²) in [4.78, 5) is 23.1. The Labute approximate surface area is 167 Å². The van der Waals surface area contributed by atoms with Crippen LogP contribution in [-0.2, 0) is 30.0 Å². The summed E-state index contributed by atoms with van der Waals surface area (Å²) in [5.41, 5.74) is 0.780. The second kappa shape index (κ2) is 13.1. The van der Waals surface area contributed by atoms with Crippen LogP contribution in [0.4, 0.5) is 18.0 Å². The largest absolute Gasteiger partial charge is 0.616 e. The Kier molecular flexibility index (Phi) is 11.2. The highest BCUT2D eigenvalue weighted by molar-refractivity contribution is 7.36. The average molecular weight is 439 g/mol. The van der Waals surface area contributed by atoms with Gasteiger partial charge in [-0.3, -0.25) is 4.79 Å². The average Bonchev–Trinajstić information content (AvgIpc) is 2.67. The van der Waals surface area contributed by atoms with Crippen LogP contribution in [0.2, 0.25) is 0 Å². The Balaban J connectivity index is 2.46. The number of hydrogen-bond acceptors (Lipinski definition) is 6. The van der Waals surface area contributed by atoms with Crippen LogP contribution in [0, 0.1) is 0 Å². The van der Waals surface area contributed by atoms with Gasteiger partial charge in [0.1, 0.15) is 6.61 Å². The summed E-state index contributed by atoms with van der Waals surface area (Å²) in [7, 11) is -2.86. The molecule has 0 aromatic heterocycles. The van der Waals surface area contributed by atoms with E-state index in [-0.39, 0.29) is 39.3 Å². The molecule has 0 aliphatic rings. The molecule has 1 N–H and O–H groups in total. The van der Waals surface area contributed by atoms with Crippen molar-refractivity contribution in [3.63, 3.8) is 0 Å². The van der Waals surface area contributed by atoms with Crippen molar-refractivity contribution in [2.45, 2.75) is 26.1 Å². The van der Waals surface area contributed by atoms with Gasteiger partial charge in [-0.05, 0) is 17.1 Å². The monoisotopic (exact) mass is 439 g/mol. The summed E-state index contributed by atoms with van der Waals surface area (Å²) >= 11 is 0. The number of carbonyl (C=O) groups is 2. The van der Waals surface area contributed by atoms with Gasteiger partial charge in [-0.2, -0.15) is 13.2 Å². The van der Waals surface area contributed by atoms with Crippen LogP contribution in [0.5, 0.6) is 0 Å². The quantitative estimate of drug-likeness (QED) is 0.394. The first-order valence-electron chi connectivity index (χ1n) is 8.73. The predicted molar refractivity (Wildman–Crippen MR) is 97.1 cm³/mol. The number of hydrogen-bond donors (Lipinski definition) is 1. The van der Waals surface area contributed by atoms with Gasteiger partial charge in [0.2, 0.25) is 0 Å². The number of esters is 1. The summed E-state index contributed by atoms with van der Waals surface area (Å²) in [6.45, 7) is -0.253. The molecule has 1 amide bonds. The standard InChI is InChI=1S/C17H22F3N2O6P/c1-2-26-15(23)8-10-22(29(25)28-13-17(18,19)20)11-9-21-16(24)27-12-14-6-4-3-5-7-14/h3-7H,2,8-13H2,1H3/p+1. The van der Waals surface area contributed by atoms with Gasteiger partial charge in [0, 0.05) is 6.54 Å². The molecule has 0 radical (unpaired) electrons. The van der Waals surface area contributed by atoms with Crippen molar-refractivity contribution in [2.75, 3.05) is 32.8 Å². The summed E-state index contributed by atoms with van der Waals surface area (Å²) in [5, 5.41) is 2.40. The molecule has 1 unspecified atom stereocenters. The molecular formula is C17H23F3N2O6P+. The van der Waals surface area contributed by atoms with E-state index in [0.717, 1.165) is 10.2 Å². The van der Waals surface area contributed by atoms with E-state index < -0.39 is 33.0 Å². The highest BCUT2D eigenvalue weighted by atomic mass is 31.1. The third-order valence-electron chi connectivity index (χ3n) is 3.30. The SMILES string of the molecule is CCOC(=O)CCN(CCNC(=O)OCc1ccccc1)[P+](=O)OCC(F)(F)F. The predicted octanol–water partition coefficient (Wildman–Crippen LogP) is 3.40. The van der Waals surface area contributed by atoms with E-state index in [0.29, 0.717) is 0 Å². The Morgan fingerprint density at radius 2 is 1.83 bits per heavy atom. The van der Waals surface area contributed by atoms with Gasteiger partial charge >= 0.3 is 26.4 Å². The summed E-state index contributed by atoms with van der Waals surface area (Å²) in [6, 6.07) is 8.93. The van der Waals surface area contributed by atoms with E-state index >= 15 is 0 Å². The van der Waals surface area contributed by atoms with Gasteiger partial charge in [0.15, 0.2) is 6.61 Å². The molecule has 29 heavy (non-hydrogen) atoms. The third-order valence-corrected chi connectivity index (χ3v) is 4.51. The second-order valence-electron chi connectivity index (χ2n) is 5.62. The van der Waals surface area contributed by atoms with E-state index in [9.17, 15) is 27.3 Å². The lowest BCUT2D eigenvalue weighted by Gasteiger charge is -2.12. The van der Waals surface area contributed by atoms with Gasteiger partial charge in [-0.15, -0.1) is 4.52 Å². The number of nitrogens with zero attached hydrogens (tertiary/aromatic N) is 1. The number of carbonyl (C=O) groups excluding carboxylic acids is 2. The molecule has 12 heteroatoms.